The lowest BCUT2D eigenvalue weighted by atomic mass is 9.48. The highest BCUT2D eigenvalue weighted by Crippen LogP contribution is 2.64. The molecular weight excluding hydrogens is 1940 g/mol. The Bertz CT molecular complexity index is 5600. The molecule has 10 fully saturated rings. The molecule has 133 heavy (non-hydrogen) atoms. The number of alkyl halides is 14. The van der Waals surface area contributed by atoms with Crippen LogP contribution in [-0.4, -0.2) is 150 Å². The van der Waals surface area contributed by atoms with E-state index in [1.807, 2.05) is 53.7 Å². The number of ether oxygens (including phenoxy) is 2. The number of halogens is 14. The van der Waals surface area contributed by atoms with Crippen LogP contribution in [0.1, 0.15) is 310 Å². The van der Waals surface area contributed by atoms with Crippen LogP contribution in [0.3, 0.4) is 0 Å². The molecule has 14 rings (SSSR count). The Labute approximate surface area is 766 Å². The van der Waals surface area contributed by atoms with E-state index in [4.69, 9.17) is 23.1 Å². The lowest BCUT2D eigenvalue weighted by molar-refractivity contribution is -0.247. The highest BCUT2D eigenvalue weighted by atomic mass is 32.2. The molecule has 754 valence electrons. The lowest BCUT2D eigenvalue weighted by Gasteiger charge is -2.57. The third-order valence-corrected chi connectivity index (χ3v) is 32.9. The number of hydrogen-bond donors (Lipinski definition) is 5. The van der Waals surface area contributed by atoms with Crippen LogP contribution in [0, 0.1) is 40.9 Å². The number of Topliss-reactive ketones (excluding diaryl/α,β-unsaturated/α-hetero) is 1. The number of esters is 2. The summed E-state index contributed by atoms with van der Waals surface area (Å²) in [5, 5.41) is -31.7. The molecular formula is C86H114F14O26S7. The van der Waals surface area contributed by atoms with Crippen LogP contribution < -0.4 is 8.37 Å². The first-order valence-electron chi connectivity index (χ1n) is 43.0. The molecule has 0 amide bonds. The van der Waals surface area contributed by atoms with Crippen molar-refractivity contribution in [3.8, 4) is 11.5 Å². The second kappa shape index (κ2) is 39.3. The zero-order valence-electron chi connectivity index (χ0n) is 75.1. The van der Waals surface area contributed by atoms with Crippen LogP contribution in [0.2, 0.25) is 0 Å². The van der Waals surface area contributed by atoms with Gasteiger partial charge in [-0.1, -0.05) is 145 Å². The average molecular weight is 2050 g/mol. The van der Waals surface area contributed by atoms with Crippen LogP contribution in [-0.2, 0) is 107 Å². The maximum Gasteiger partial charge on any atom is 0.450 e. The largest absolute Gasteiger partial charge is 0.459 e. The number of rotatable bonds is 26. The number of para-hydroxylation sites is 1. The Balaban J connectivity index is 0.000000207. The molecule has 0 aromatic heterocycles. The van der Waals surface area contributed by atoms with Gasteiger partial charge in [0.1, 0.15) is 28.6 Å². The SMILES string of the molecule is CC(C)(C)c1cc(C(C)(C)C)c(S(=O)(=O)O)c(C(C)(C)C)c1.CC(C)c1cccc(C(C)C)c1OS(=O)(=O)C(F)(F)C(F)(F)C(F)(F)S(=O)(=O)O.O=C(CCC12CC3CC(CC(C3)C1)C2)C(F)(F)S(=O)(=O)O.O=C(OC1CCCCC1)c1cc(C(=O)OC2CCCCC2)cc(S(=O)(=O)O)c1.O=S(=O)(O)C(F)(F)C(F)(F)C(F)(F)S(=O)(=O)Oc1ccc(C23CC4CC(CC(C4)C2)C3)cc1. The van der Waals surface area contributed by atoms with Gasteiger partial charge in [0.2, 0.25) is 5.78 Å². The minimum atomic E-state index is -7.10. The summed E-state index contributed by atoms with van der Waals surface area (Å²) >= 11 is 0. The van der Waals surface area contributed by atoms with E-state index in [9.17, 15) is 144 Å². The fraction of sp³-hybridized carbons (Fsp3) is 0.686. The van der Waals surface area contributed by atoms with Crippen LogP contribution in [0.15, 0.2) is 82.6 Å². The van der Waals surface area contributed by atoms with E-state index in [0.29, 0.717) is 53.1 Å². The second-order valence-electron chi connectivity index (χ2n) is 40.0. The first-order chi connectivity index (χ1) is 60.0. The van der Waals surface area contributed by atoms with Gasteiger partial charge in [0.05, 0.1) is 16.0 Å². The van der Waals surface area contributed by atoms with Gasteiger partial charge in [-0.2, -0.15) is 120 Å². The normalized spacial score (nSPS) is 23.2. The number of carbonyl (C=O) groups excluding carboxylic acids is 3. The summed E-state index contributed by atoms with van der Waals surface area (Å²) in [6.07, 6.45) is 21.4. The van der Waals surface area contributed by atoms with E-state index in [2.05, 4.69) is 29.1 Å². The molecule has 0 heterocycles. The van der Waals surface area contributed by atoms with E-state index in [-0.39, 0.29) is 66.4 Å². The van der Waals surface area contributed by atoms with Crippen molar-refractivity contribution in [2.24, 2.45) is 40.9 Å². The quantitative estimate of drug-likeness (QED) is 0.0169. The first-order valence-corrected chi connectivity index (χ1v) is 53.0. The predicted octanol–water partition coefficient (Wildman–Crippen LogP) is 20.7. The smallest absolute Gasteiger partial charge is 0.450 e. The first kappa shape index (κ1) is 112. The van der Waals surface area contributed by atoms with Gasteiger partial charge in [-0.3, -0.25) is 27.6 Å². The monoisotopic (exact) mass is 2050 g/mol. The molecule has 4 aromatic rings. The Hall–Kier alpha value is -6.44. The van der Waals surface area contributed by atoms with Gasteiger partial charge >= 0.3 is 101 Å². The topological polar surface area (TPSA) is 428 Å². The molecule has 10 aliphatic rings. The number of carbonyl (C=O) groups is 3. The molecule has 0 radical (unpaired) electrons. The van der Waals surface area contributed by atoms with E-state index < -0.39 is 161 Å². The fourth-order valence-corrected chi connectivity index (χ4v) is 24.9. The molecule has 26 nitrogen and oxygen atoms in total. The summed E-state index contributed by atoms with van der Waals surface area (Å²) in [4.78, 5) is 36.1. The summed E-state index contributed by atoms with van der Waals surface area (Å²) in [5.41, 5.74) is 2.00. The molecule has 4 aromatic carbocycles. The Morgan fingerprint density at radius 1 is 0.414 bits per heavy atom. The third-order valence-electron chi connectivity index (χ3n) is 25.8. The Morgan fingerprint density at radius 3 is 1.05 bits per heavy atom. The van der Waals surface area contributed by atoms with Crippen molar-refractivity contribution in [1.29, 1.82) is 0 Å². The van der Waals surface area contributed by atoms with Gasteiger partial charge in [0.15, 0.2) is 0 Å². The summed E-state index contributed by atoms with van der Waals surface area (Å²) in [5.74, 6) is -16.2. The van der Waals surface area contributed by atoms with Crippen molar-refractivity contribution in [1.82, 2.24) is 0 Å². The van der Waals surface area contributed by atoms with Gasteiger partial charge in [-0.25, -0.2) is 9.59 Å². The van der Waals surface area contributed by atoms with Gasteiger partial charge in [0.25, 0.3) is 20.2 Å². The zero-order chi connectivity index (χ0) is 101. The van der Waals surface area contributed by atoms with E-state index in [1.54, 1.807) is 0 Å². The summed E-state index contributed by atoms with van der Waals surface area (Å²) < 4.78 is 412. The number of hydrogen-bond acceptors (Lipinski definition) is 21. The molecule has 0 saturated heterocycles. The number of ketones is 1. The van der Waals surface area contributed by atoms with Gasteiger partial charge in [0, 0.05) is 6.42 Å². The molecule has 0 atom stereocenters. The predicted molar refractivity (Wildman–Crippen MR) is 457 cm³/mol. The van der Waals surface area contributed by atoms with Crippen molar-refractivity contribution in [2.45, 2.75) is 338 Å². The Kier molecular flexibility index (Phi) is 33.1. The number of benzene rings is 4. The van der Waals surface area contributed by atoms with Crippen LogP contribution in [0.25, 0.3) is 0 Å². The zero-order valence-corrected chi connectivity index (χ0v) is 80.8. The lowest BCUT2D eigenvalue weighted by Crippen LogP contribution is -2.61. The van der Waals surface area contributed by atoms with Crippen molar-refractivity contribution >= 4 is 88.5 Å². The molecule has 0 aliphatic heterocycles. The average Bonchev–Trinajstić information content (AvgIpc) is 0.708. The highest BCUT2D eigenvalue weighted by molar-refractivity contribution is 7.89. The van der Waals surface area contributed by atoms with Crippen molar-refractivity contribution in [2.75, 3.05) is 0 Å². The molecule has 10 aliphatic carbocycles. The summed E-state index contributed by atoms with van der Waals surface area (Å²) in [6.45, 7) is 24.1. The van der Waals surface area contributed by atoms with Crippen LogP contribution in [0.5, 0.6) is 11.5 Å². The third kappa shape index (κ3) is 24.7. The fourth-order valence-electron chi connectivity index (χ4n) is 19.7. The standard InChI is InChI=1S/C20H26O7S.C19H20F6O6S2.C18H30O3S.C15H18F6O6S2.C14H20F2O4S/c21-19(26-16-7-3-1-4-8-16)14-11-15(13-18(12-14)28(23,24)25)20(22)27-17-9-5-2-6-10-17;20-17(21,18(22,23)32(26,27)28)19(24,25)33(29,30)31-15-3-1-14(2-4-15)16-8-11-5-12(9-16)7-13(6-11)10-16;1-16(2,3)12-10-13(17(4,5)6)15(22(19,20)21)14(11-12)18(7,8)9;1-8(2)10-6-5-7-11(9(3)4)12(10)27-29(25,26)15(20,21)13(16,17)14(18,19)28(22,23)24;15-14(16,21(18,19)20)12(17)1-2-13-6-9-3-10(7-13)5-11(4-9)8-13/h11-13,16-17H,1-10H2,(H,23,24,25);1-4,11-13H,5-10H2,(H,26,27,28);10-11H,1-9H3,(H,19,20,21);5-9H,1-4H3,(H,22,23,24);9-11H,1-8H2,(H,18,19,20). The molecule has 5 N–H and O–H groups in total. The van der Waals surface area contributed by atoms with Crippen molar-refractivity contribution in [3.05, 3.63) is 117 Å². The van der Waals surface area contributed by atoms with E-state index >= 15 is 0 Å². The van der Waals surface area contributed by atoms with E-state index in [1.165, 1.54) is 83.4 Å². The second-order valence-corrected chi connectivity index (χ2v) is 50.4. The maximum atomic E-state index is 14.0. The molecule has 10 saturated carbocycles. The molecule has 0 spiro atoms. The minimum Gasteiger partial charge on any atom is -0.459 e. The molecule has 47 heteroatoms. The Morgan fingerprint density at radius 2 is 0.752 bits per heavy atom. The molecule has 0 unspecified atom stereocenters. The van der Waals surface area contributed by atoms with Gasteiger partial charge < -0.3 is 17.8 Å². The highest BCUT2D eigenvalue weighted by Gasteiger charge is 2.84. The summed E-state index contributed by atoms with van der Waals surface area (Å²) in [6, 6.07) is 15.9. The summed E-state index contributed by atoms with van der Waals surface area (Å²) in [7, 11) is -42.4. The minimum absolute atomic E-state index is 0.000399. The van der Waals surface area contributed by atoms with Crippen LogP contribution >= 0.6 is 0 Å². The van der Waals surface area contributed by atoms with Gasteiger partial charge in [-0.05, 0) is 273 Å². The van der Waals surface area contributed by atoms with Crippen LogP contribution in [0.4, 0.5) is 61.5 Å². The van der Waals surface area contributed by atoms with E-state index in [0.717, 1.165) is 157 Å². The molecule has 8 bridgehead atoms. The van der Waals surface area contributed by atoms with Crippen molar-refractivity contribution < 1.29 is 175 Å². The van der Waals surface area contributed by atoms with Gasteiger partial charge in [-0.15, -0.1) is 0 Å². The van der Waals surface area contributed by atoms with Crippen molar-refractivity contribution in [3.63, 3.8) is 0 Å². The maximum absolute atomic E-state index is 14.0.